The van der Waals surface area contributed by atoms with Gasteiger partial charge >= 0.3 is 0 Å². The highest BCUT2D eigenvalue weighted by molar-refractivity contribution is 6.29. The molecule has 1 aliphatic rings. The van der Waals surface area contributed by atoms with Gasteiger partial charge in [-0.3, -0.25) is 0 Å². The monoisotopic (exact) mass is 274 g/mol. The second-order valence-corrected chi connectivity index (χ2v) is 5.05. The summed E-state index contributed by atoms with van der Waals surface area (Å²) in [5.74, 6) is 2.24. The lowest BCUT2D eigenvalue weighted by Crippen LogP contribution is -1.96. The van der Waals surface area contributed by atoms with E-state index in [1.165, 1.54) is 12.8 Å². The van der Waals surface area contributed by atoms with E-state index in [-0.39, 0.29) is 0 Å². The van der Waals surface area contributed by atoms with Crippen LogP contribution < -0.4 is 4.74 Å². The second-order valence-electron chi connectivity index (χ2n) is 4.67. The van der Waals surface area contributed by atoms with E-state index in [1.54, 1.807) is 0 Å². The maximum atomic E-state index is 6.08. The van der Waals surface area contributed by atoms with Crippen LogP contribution in [0.1, 0.15) is 31.5 Å². The van der Waals surface area contributed by atoms with Crippen LogP contribution in [0, 0.1) is 0 Å². The summed E-state index contributed by atoms with van der Waals surface area (Å²) in [6.45, 7) is 2.64. The third-order valence-corrected chi connectivity index (χ3v) is 3.31. The van der Waals surface area contributed by atoms with Crippen molar-refractivity contribution in [3.8, 4) is 17.0 Å². The zero-order valence-corrected chi connectivity index (χ0v) is 11.5. The first kappa shape index (κ1) is 12.4. The average molecular weight is 275 g/mol. The smallest absolute Gasteiger partial charge is 0.133 e. The van der Waals surface area contributed by atoms with Crippen molar-refractivity contribution in [3.05, 3.63) is 41.3 Å². The summed E-state index contributed by atoms with van der Waals surface area (Å²) in [7, 11) is 0. The van der Waals surface area contributed by atoms with Crippen LogP contribution in [0.15, 0.2) is 30.3 Å². The SMILES string of the molecule is CCOc1ccc(-c2cc(Cl)nc(C3CC3)n2)cc1. The number of hydrogen-bond donors (Lipinski definition) is 0. The zero-order valence-electron chi connectivity index (χ0n) is 10.8. The van der Waals surface area contributed by atoms with Gasteiger partial charge in [-0.15, -0.1) is 0 Å². The molecule has 0 unspecified atom stereocenters. The predicted octanol–water partition coefficient (Wildman–Crippen LogP) is 4.07. The molecular weight excluding hydrogens is 260 g/mol. The first-order valence-corrected chi connectivity index (χ1v) is 6.92. The molecule has 4 heteroatoms. The van der Waals surface area contributed by atoms with E-state index in [2.05, 4.69) is 9.97 Å². The molecule has 0 amide bonds. The highest BCUT2D eigenvalue weighted by Crippen LogP contribution is 2.39. The van der Waals surface area contributed by atoms with Gasteiger partial charge in [0.1, 0.15) is 16.7 Å². The summed E-state index contributed by atoms with van der Waals surface area (Å²) in [6.07, 6.45) is 2.34. The first-order chi connectivity index (χ1) is 9.26. The molecule has 0 saturated heterocycles. The molecule has 98 valence electrons. The van der Waals surface area contributed by atoms with Crippen LogP contribution in [-0.4, -0.2) is 16.6 Å². The molecule has 0 spiro atoms. The maximum absolute atomic E-state index is 6.08. The summed E-state index contributed by atoms with van der Waals surface area (Å²) in [5.41, 5.74) is 1.92. The molecule has 3 rings (SSSR count). The van der Waals surface area contributed by atoms with Crippen LogP contribution >= 0.6 is 11.6 Å². The fraction of sp³-hybridized carbons (Fsp3) is 0.333. The van der Waals surface area contributed by atoms with Gasteiger partial charge in [-0.1, -0.05) is 11.6 Å². The standard InChI is InChI=1S/C15H15ClN2O/c1-2-19-12-7-5-10(6-8-12)13-9-14(16)18-15(17-13)11-3-4-11/h5-9,11H,2-4H2,1H3. The molecule has 1 aliphatic carbocycles. The van der Waals surface area contributed by atoms with Crippen molar-refractivity contribution in [1.29, 1.82) is 0 Å². The Hall–Kier alpha value is -1.61. The van der Waals surface area contributed by atoms with Crippen molar-refractivity contribution in [2.24, 2.45) is 0 Å². The van der Waals surface area contributed by atoms with E-state index in [1.807, 2.05) is 37.3 Å². The van der Waals surface area contributed by atoms with Gasteiger partial charge in [0.15, 0.2) is 0 Å². The molecule has 0 radical (unpaired) electrons. The molecule has 2 aromatic rings. The number of aromatic nitrogens is 2. The molecule has 3 nitrogen and oxygen atoms in total. The van der Waals surface area contributed by atoms with Crippen LogP contribution in [0.4, 0.5) is 0 Å². The summed E-state index contributed by atoms with van der Waals surface area (Å²) in [5, 5.41) is 0.515. The third-order valence-electron chi connectivity index (χ3n) is 3.12. The molecule has 1 aromatic carbocycles. The molecule has 19 heavy (non-hydrogen) atoms. The van der Waals surface area contributed by atoms with Gasteiger partial charge in [-0.05, 0) is 44.0 Å². The predicted molar refractivity (Wildman–Crippen MR) is 75.6 cm³/mol. The summed E-state index contributed by atoms with van der Waals surface area (Å²) in [6, 6.07) is 9.71. The Morgan fingerprint density at radius 1 is 1.21 bits per heavy atom. The van der Waals surface area contributed by atoms with E-state index in [9.17, 15) is 0 Å². The fourth-order valence-electron chi connectivity index (χ4n) is 2.00. The highest BCUT2D eigenvalue weighted by atomic mass is 35.5. The molecule has 0 N–H and O–H groups in total. The minimum atomic E-state index is 0.500. The Bertz CT molecular complexity index is 579. The van der Waals surface area contributed by atoms with Crippen molar-refractivity contribution >= 4 is 11.6 Å². The number of halogens is 1. The van der Waals surface area contributed by atoms with E-state index >= 15 is 0 Å². The quantitative estimate of drug-likeness (QED) is 0.788. The molecule has 0 bridgehead atoms. The van der Waals surface area contributed by atoms with Crippen LogP contribution in [0.3, 0.4) is 0 Å². The van der Waals surface area contributed by atoms with Gasteiger partial charge in [0.2, 0.25) is 0 Å². The van der Waals surface area contributed by atoms with Crippen LogP contribution in [-0.2, 0) is 0 Å². The van der Waals surface area contributed by atoms with Crippen LogP contribution in [0.25, 0.3) is 11.3 Å². The Kier molecular flexibility index (Phi) is 3.38. The van der Waals surface area contributed by atoms with Gasteiger partial charge in [0.25, 0.3) is 0 Å². The lowest BCUT2D eigenvalue weighted by Gasteiger charge is -2.06. The van der Waals surface area contributed by atoms with Crippen molar-refractivity contribution in [1.82, 2.24) is 9.97 Å². The highest BCUT2D eigenvalue weighted by Gasteiger charge is 2.27. The minimum absolute atomic E-state index is 0.500. The van der Waals surface area contributed by atoms with E-state index < -0.39 is 0 Å². The molecule has 0 aliphatic heterocycles. The number of nitrogens with zero attached hydrogens (tertiary/aromatic N) is 2. The Balaban J connectivity index is 1.92. The summed E-state index contributed by atoms with van der Waals surface area (Å²) >= 11 is 6.08. The Morgan fingerprint density at radius 3 is 2.58 bits per heavy atom. The van der Waals surface area contributed by atoms with Gasteiger partial charge < -0.3 is 4.74 Å². The Morgan fingerprint density at radius 2 is 1.95 bits per heavy atom. The number of ether oxygens (including phenoxy) is 1. The number of benzene rings is 1. The van der Waals surface area contributed by atoms with Gasteiger partial charge in [0.05, 0.1) is 12.3 Å². The fourth-order valence-corrected chi connectivity index (χ4v) is 2.19. The molecule has 1 saturated carbocycles. The topological polar surface area (TPSA) is 35.0 Å². The normalized spacial score (nSPS) is 14.4. The molecule has 1 aromatic heterocycles. The van der Waals surface area contributed by atoms with Gasteiger partial charge in [0, 0.05) is 17.5 Å². The van der Waals surface area contributed by atoms with E-state index in [4.69, 9.17) is 16.3 Å². The molecule has 1 fully saturated rings. The summed E-state index contributed by atoms with van der Waals surface area (Å²) < 4.78 is 5.43. The number of hydrogen-bond acceptors (Lipinski definition) is 3. The third kappa shape index (κ3) is 2.87. The van der Waals surface area contributed by atoms with Crippen molar-refractivity contribution in [2.45, 2.75) is 25.7 Å². The van der Waals surface area contributed by atoms with Gasteiger partial charge in [-0.2, -0.15) is 0 Å². The number of rotatable bonds is 4. The maximum Gasteiger partial charge on any atom is 0.133 e. The van der Waals surface area contributed by atoms with E-state index in [0.29, 0.717) is 17.7 Å². The zero-order chi connectivity index (χ0) is 13.2. The first-order valence-electron chi connectivity index (χ1n) is 6.54. The molecule has 1 heterocycles. The van der Waals surface area contributed by atoms with Crippen molar-refractivity contribution < 1.29 is 4.74 Å². The lowest BCUT2D eigenvalue weighted by molar-refractivity contribution is 0.340. The van der Waals surface area contributed by atoms with E-state index in [0.717, 1.165) is 22.8 Å². The Labute approximate surface area is 117 Å². The molecular formula is C15H15ClN2O. The summed E-state index contributed by atoms with van der Waals surface area (Å²) in [4.78, 5) is 8.90. The minimum Gasteiger partial charge on any atom is -0.494 e. The van der Waals surface area contributed by atoms with Crippen molar-refractivity contribution in [2.75, 3.05) is 6.61 Å². The van der Waals surface area contributed by atoms with Crippen LogP contribution in [0.2, 0.25) is 5.15 Å². The van der Waals surface area contributed by atoms with Crippen LogP contribution in [0.5, 0.6) is 5.75 Å². The van der Waals surface area contributed by atoms with Crippen molar-refractivity contribution in [3.63, 3.8) is 0 Å². The lowest BCUT2D eigenvalue weighted by atomic mass is 10.1. The average Bonchev–Trinajstić information content (AvgIpc) is 3.23. The van der Waals surface area contributed by atoms with Gasteiger partial charge in [-0.25, -0.2) is 9.97 Å². The molecule has 0 atom stereocenters. The second kappa shape index (κ2) is 5.17. The largest absolute Gasteiger partial charge is 0.494 e.